The zero-order valence-electron chi connectivity index (χ0n) is 21.6. The lowest BCUT2D eigenvalue weighted by Gasteiger charge is -2.37. The van der Waals surface area contributed by atoms with Crippen LogP contribution in [0.15, 0.2) is 42.5 Å². The number of nitrogens with one attached hydrogen (secondary N) is 1. The Bertz CT molecular complexity index is 1360. The molecule has 3 amide bonds. The zero-order valence-corrected chi connectivity index (χ0v) is 21.6. The quantitative estimate of drug-likeness (QED) is 0.415. The second-order valence-corrected chi connectivity index (χ2v) is 9.92. The molecule has 10 heteroatoms. The summed E-state index contributed by atoms with van der Waals surface area (Å²) in [5.41, 5.74) is 6.73. The van der Waals surface area contributed by atoms with Gasteiger partial charge in [0.15, 0.2) is 11.5 Å². The van der Waals surface area contributed by atoms with Crippen molar-refractivity contribution in [3.8, 4) is 17.2 Å². The fraction of sp³-hybridized carbons (Fsp3) is 0.393. The minimum Gasteiger partial charge on any atom is -0.497 e. The van der Waals surface area contributed by atoms with Gasteiger partial charge >= 0.3 is 0 Å². The Hall–Kier alpha value is -4.05. The molecule has 3 heterocycles. The van der Waals surface area contributed by atoms with Gasteiger partial charge in [-0.25, -0.2) is 0 Å². The summed E-state index contributed by atoms with van der Waals surface area (Å²) < 4.78 is 16.7. The highest BCUT2D eigenvalue weighted by atomic mass is 16.5. The molecule has 3 aromatic rings. The number of H-pyrrole nitrogens is 1. The average Bonchev–Trinajstić information content (AvgIpc) is 3.44. The van der Waals surface area contributed by atoms with Crippen molar-refractivity contribution >= 4 is 28.6 Å². The van der Waals surface area contributed by atoms with Crippen LogP contribution >= 0.6 is 0 Å². The summed E-state index contributed by atoms with van der Waals surface area (Å²) in [4.78, 5) is 44.3. The molecule has 0 atom stereocenters. The minimum atomic E-state index is -0.610. The number of nitrogens with zero attached hydrogens (tertiary/aromatic N) is 2. The molecule has 2 aromatic carbocycles. The van der Waals surface area contributed by atoms with Crippen molar-refractivity contribution in [1.82, 2.24) is 14.8 Å². The van der Waals surface area contributed by atoms with Crippen molar-refractivity contribution in [2.45, 2.75) is 25.8 Å². The molecule has 2 saturated heterocycles. The van der Waals surface area contributed by atoms with E-state index in [1.54, 1.807) is 26.4 Å². The number of primary amides is 1. The van der Waals surface area contributed by atoms with Crippen LogP contribution in [0.25, 0.3) is 10.9 Å². The van der Waals surface area contributed by atoms with Crippen LogP contribution in [0.3, 0.4) is 0 Å². The van der Waals surface area contributed by atoms with Gasteiger partial charge in [0, 0.05) is 29.9 Å². The minimum absolute atomic E-state index is 0.0610. The molecule has 0 bridgehead atoms. The maximum absolute atomic E-state index is 13.3. The number of nitrogens with two attached hydrogens (primary N) is 1. The first-order chi connectivity index (χ1) is 18.3. The smallest absolute Gasteiger partial charge is 0.265 e. The average molecular weight is 521 g/mol. The van der Waals surface area contributed by atoms with Crippen molar-refractivity contribution in [2.24, 2.45) is 11.1 Å². The number of carbonyl (C=O) groups is 3. The number of fused-ring (bicyclic) bond motifs is 1. The van der Waals surface area contributed by atoms with Crippen LogP contribution in [0.5, 0.6) is 17.2 Å². The Morgan fingerprint density at radius 2 is 1.76 bits per heavy atom. The van der Waals surface area contributed by atoms with Gasteiger partial charge in [0.05, 0.1) is 26.2 Å². The molecule has 1 spiro atoms. The normalized spacial score (nSPS) is 17.4. The van der Waals surface area contributed by atoms with Gasteiger partial charge in [-0.1, -0.05) is 12.1 Å². The Labute approximate surface area is 220 Å². The van der Waals surface area contributed by atoms with Crippen molar-refractivity contribution in [1.29, 1.82) is 0 Å². The van der Waals surface area contributed by atoms with Crippen LogP contribution in [0.1, 0.15) is 35.3 Å². The van der Waals surface area contributed by atoms with Crippen molar-refractivity contribution < 1.29 is 28.6 Å². The van der Waals surface area contributed by atoms with E-state index in [0.717, 1.165) is 22.2 Å². The Kier molecular flexibility index (Phi) is 6.98. The van der Waals surface area contributed by atoms with E-state index in [4.69, 9.17) is 19.9 Å². The molecule has 3 N–H and O–H groups in total. The summed E-state index contributed by atoms with van der Waals surface area (Å²) in [5.74, 6) is 1.18. The standard InChI is InChI=1S/C28H32N4O6/c1-36-20-5-3-18(4-6-20)17-32-25(33)16-28(27(32)35)7-9-31(10-8-28)11-12-38-24-14-19-13-22(26(29)34)30-21(19)15-23(24)37-2/h3-6,13-15,30H,7-12,16-17H2,1-2H3,(H2,29,34). The predicted molar refractivity (Wildman–Crippen MR) is 140 cm³/mol. The van der Waals surface area contributed by atoms with Gasteiger partial charge in [0.1, 0.15) is 18.1 Å². The number of likely N-dealkylation sites (tertiary alicyclic amines) is 2. The first-order valence-electron chi connectivity index (χ1n) is 12.7. The number of piperidine rings is 1. The topological polar surface area (TPSA) is 127 Å². The van der Waals surface area contributed by atoms with E-state index in [1.807, 2.05) is 30.3 Å². The van der Waals surface area contributed by atoms with Crippen LogP contribution in [-0.4, -0.2) is 73.0 Å². The van der Waals surface area contributed by atoms with Crippen LogP contribution < -0.4 is 19.9 Å². The predicted octanol–water partition coefficient (Wildman–Crippen LogP) is 2.70. The van der Waals surface area contributed by atoms with E-state index in [9.17, 15) is 14.4 Å². The summed E-state index contributed by atoms with van der Waals surface area (Å²) in [5, 5.41) is 0.804. The highest BCUT2D eigenvalue weighted by molar-refractivity contribution is 6.06. The summed E-state index contributed by atoms with van der Waals surface area (Å²) in [6.07, 6.45) is 1.56. The summed E-state index contributed by atoms with van der Waals surface area (Å²) in [6, 6.07) is 12.7. The number of amides is 3. The fourth-order valence-electron chi connectivity index (χ4n) is 5.36. The largest absolute Gasteiger partial charge is 0.497 e. The van der Waals surface area contributed by atoms with E-state index in [0.29, 0.717) is 56.3 Å². The first kappa shape index (κ1) is 25.6. The summed E-state index contributed by atoms with van der Waals surface area (Å²) in [6.45, 7) is 2.83. The lowest BCUT2D eigenvalue weighted by molar-refractivity contribution is -0.143. The molecule has 2 aliphatic rings. The second kappa shape index (κ2) is 10.4. The van der Waals surface area contributed by atoms with Crippen LogP contribution in [0.2, 0.25) is 0 Å². The number of hydrogen-bond acceptors (Lipinski definition) is 7. The molecule has 200 valence electrons. The number of imide groups is 1. The lowest BCUT2D eigenvalue weighted by Crippen LogP contribution is -2.45. The maximum atomic E-state index is 13.3. The van der Waals surface area contributed by atoms with Gasteiger partial charge in [-0.2, -0.15) is 0 Å². The van der Waals surface area contributed by atoms with E-state index in [-0.39, 0.29) is 24.8 Å². The molecule has 2 aliphatic heterocycles. The highest BCUT2D eigenvalue weighted by Gasteiger charge is 2.52. The third kappa shape index (κ3) is 4.91. The van der Waals surface area contributed by atoms with Gasteiger partial charge in [-0.15, -0.1) is 0 Å². The Balaban J connectivity index is 1.16. The number of ether oxygens (including phenoxy) is 3. The number of benzene rings is 2. The van der Waals surface area contributed by atoms with Gasteiger partial charge in [0.25, 0.3) is 5.91 Å². The molecule has 2 fully saturated rings. The van der Waals surface area contributed by atoms with Gasteiger partial charge in [0.2, 0.25) is 11.8 Å². The number of methoxy groups -OCH3 is 2. The van der Waals surface area contributed by atoms with Gasteiger partial charge in [-0.3, -0.25) is 24.2 Å². The Morgan fingerprint density at radius 3 is 2.42 bits per heavy atom. The fourth-order valence-corrected chi connectivity index (χ4v) is 5.36. The van der Waals surface area contributed by atoms with Crippen LogP contribution in [0, 0.1) is 5.41 Å². The molecule has 5 rings (SSSR count). The van der Waals surface area contributed by atoms with Gasteiger partial charge < -0.3 is 24.9 Å². The second-order valence-electron chi connectivity index (χ2n) is 9.92. The molecule has 0 radical (unpaired) electrons. The third-order valence-corrected chi connectivity index (χ3v) is 7.64. The molecule has 0 unspecified atom stereocenters. The van der Waals surface area contributed by atoms with E-state index in [1.165, 1.54) is 4.90 Å². The lowest BCUT2D eigenvalue weighted by atomic mass is 9.77. The monoisotopic (exact) mass is 520 g/mol. The van der Waals surface area contributed by atoms with Crippen molar-refractivity contribution in [2.75, 3.05) is 40.5 Å². The van der Waals surface area contributed by atoms with Crippen LogP contribution in [-0.2, 0) is 16.1 Å². The number of aromatic nitrogens is 1. The molecule has 10 nitrogen and oxygen atoms in total. The third-order valence-electron chi connectivity index (χ3n) is 7.64. The van der Waals surface area contributed by atoms with Crippen molar-refractivity contribution in [3.05, 3.63) is 53.7 Å². The number of carbonyl (C=O) groups excluding carboxylic acids is 3. The summed E-state index contributed by atoms with van der Waals surface area (Å²) in [7, 11) is 3.17. The number of hydrogen-bond donors (Lipinski definition) is 2. The number of rotatable bonds is 9. The van der Waals surface area contributed by atoms with Crippen molar-refractivity contribution in [3.63, 3.8) is 0 Å². The summed E-state index contributed by atoms with van der Waals surface area (Å²) >= 11 is 0. The number of aromatic amines is 1. The van der Waals surface area contributed by atoms with Gasteiger partial charge in [-0.05, 0) is 55.8 Å². The van der Waals surface area contributed by atoms with Crippen LogP contribution in [0.4, 0.5) is 0 Å². The highest BCUT2D eigenvalue weighted by Crippen LogP contribution is 2.42. The first-order valence-corrected chi connectivity index (χ1v) is 12.7. The maximum Gasteiger partial charge on any atom is 0.265 e. The van der Waals surface area contributed by atoms with E-state index in [2.05, 4.69) is 9.88 Å². The molecule has 0 saturated carbocycles. The zero-order chi connectivity index (χ0) is 26.9. The molecular weight excluding hydrogens is 488 g/mol. The van der Waals surface area contributed by atoms with E-state index < -0.39 is 11.3 Å². The van der Waals surface area contributed by atoms with E-state index >= 15 is 0 Å². The Morgan fingerprint density at radius 1 is 1.03 bits per heavy atom. The SMILES string of the molecule is COc1ccc(CN2C(=O)CC3(CCN(CCOc4cc5cc(C(N)=O)[nH]c5cc4OC)CC3)C2=O)cc1. The molecule has 1 aromatic heterocycles. The molecule has 38 heavy (non-hydrogen) atoms. The molecule has 0 aliphatic carbocycles. The molecular formula is C28H32N4O6.